The maximum Gasteiger partial charge on any atom is 0.164 e. The van der Waals surface area contributed by atoms with Crippen LogP contribution in [-0.4, -0.2) is 51.3 Å². The van der Waals surface area contributed by atoms with Crippen LogP contribution in [0.15, 0.2) is 42.5 Å². The fraction of sp³-hybridized carbons (Fsp3) is 0.556. The minimum Gasteiger partial charge on any atom is -0.493 e. The monoisotopic (exact) mass is 424 g/mol. The first-order chi connectivity index (χ1) is 15.3. The highest BCUT2D eigenvalue weighted by molar-refractivity contribution is 5.52. The lowest BCUT2D eigenvalue weighted by Crippen LogP contribution is -2.40. The van der Waals surface area contributed by atoms with Gasteiger partial charge >= 0.3 is 0 Å². The third-order valence-electron chi connectivity index (χ3n) is 6.44. The highest BCUT2D eigenvalue weighted by Gasteiger charge is 2.26. The summed E-state index contributed by atoms with van der Waals surface area (Å²) in [6, 6.07) is 15.7. The van der Waals surface area contributed by atoms with Crippen LogP contribution in [0.3, 0.4) is 0 Å². The summed E-state index contributed by atoms with van der Waals surface area (Å²) in [5, 5.41) is 3.61. The smallest absolute Gasteiger partial charge is 0.164 e. The molecule has 4 nitrogen and oxygen atoms in total. The van der Waals surface area contributed by atoms with Gasteiger partial charge in [-0.15, -0.1) is 0 Å². The second-order valence-corrected chi connectivity index (χ2v) is 8.56. The van der Waals surface area contributed by atoms with E-state index in [0.717, 1.165) is 43.9 Å². The third-order valence-corrected chi connectivity index (χ3v) is 6.44. The van der Waals surface area contributed by atoms with E-state index in [1.54, 1.807) is 14.2 Å². The van der Waals surface area contributed by atoms with Crippen molar-refractivity contribution in [2.24, 2.45) is 0 Å². The molecule has 0 aliphatic heterocycles. The normalized spacial score (nSPS) is 15.7. The molecule has 4 heteroatoms. The van der Waals surface area contributed by atoms with E-state index in [-0.39, 0.29) is 0 Å². The number of fused-ring (bicyclic) bond motifs is 1. The van der Waals surface area contributed by atoms with Crippen LogP contribution in [-0.2, 0) is 19.3 Å². The Kier molecular flexibility index (Phi) is 9.70. The highest BCUT2D eigenvalue weighted by atomic mass is 16.5. The molecule has 170 valence electrons. The van der Waals surface area contributed by atoms with Crippen molar-refractivity contribution < 1.29 is 9.47 Å². The molecule has 0 radical (unpaired) electrons. The van der Waals surface area contributed by atoms with Crippen molar-refractivity contribution in [3.8, 4) is 11.5 Å². The van der Waals surface area contributed by atoms with Gasteiger partial charge in [-0.3, -0.25) is 0 Å². The number of rotatable bonds is 13. The zero-order chi connectivity index (χ0) is 21.9. The first kappa shape index (κ1) is 23.6. The van der Waals surface area contributed by atoms with Crippen molar-refractivity contribution >= 4 is 0 Å². The topological polar surface area (TPSA) is 33.7 Å². The molecule has 2 aromatic carbocycles. The van der Waals surface area contributed by atoms with Gasteiger partial charge in [-0.1, -0.05) is 43.3 Å². The number of nitrogens with one attached hydrogen (secondary N) is 1. The molecule has 0 saturated carbocycles. The van der Waals surface area contributed by atoms with Crippen LogP contribution < -0.4 is 14.8 Å². The van der Waals surface area contributed by atoms with Crippen LogP contribution in [0.2, 0.25) is 0 Å². The van der Waals surface area contributed by atoms with E-state index in [2.05, 4.69) is 59.6 Å². The van der Waals surface area contributed by atoms with Crippen LogP contribution in [0.25, 0.3) is 0 Å². The third kappa shape index (κ3) is 6.72. The molecule has 0 amide bonds. The molecular weight excluding hydrogens is 384 g/mol. The van der Waals surface area contributed by atoms with Crippen molar-refractivity contribution in [2.75, 3.05) is 40.4 Å². The molecule has 0 heterocycles. The zero-order valence-corrected chi connectivity index (χ0v) is 19.7. The Morgan fingerprint density at radius 2 is 1.81 bits per heavy atom. The van der Waals surface area contributed by atoms with Gasteiger partial charge in [0.2, 0.25) is 0 Å². The molecule has 0 saturated heterocycles. The van der Waals surface area contributed by atoms with E-state index < -0.39 is 0 Å². The maximum atomic E-state index is 5.67. The second-order valence-electron chi connectivity index (χ2n) is 8.56. The Labute approximate surface area is 188 Å². The van der Waals surface area contributed by atoms with Crippen LogP contribution in [0.5, 0.6) is 11.5 Å². The summed E-state index contributed by atoms with van der Waals surface area (Å²) in [6.45, 7) is 6.85. The number of hydrogen-bond donors (Lipinski definition) is 1. The summed E-state index contributed by atoms with van der Waals surface area (Å²) >= 11 is 0. The van der Waals surface area contributed by atoms with E-state index in [1.807, 2.05) is 0 Å². The quantitative estimate of drug-likeness (QED) is 0.465. The number of ether oxygens (including phenoxy) is 2. The van der Waals surface area contributed by atoms with Gasteiger partial charge in [-0.05, 0) is 88.3 Å². The second kappa shape index (κ2) is 12.7. The molecule has 0 spiro atoms. The van der Waals surface area contributed by atoms with Crippen LogP contribution >= 0.6 is 0 Å². The van der Waals surface area contributed by atoms with E-state index in [1.165, 1.54) is 55.5 Å². The molecule has 1 N–H and O–H groups in total. The predicted molar refractivity (Wildman–Crippen MR) is 129 cm³/mol. The SMILES string of the molecule is CCCN(CCCCNCCc1ccccc1)C1CCc2c(ccc(OC)c2OC)C1. The van der Waals surface area contributed by atoms with Crippen molar-refractivity contribution in [1.82, 2.24) is 10.2 Å². The van der Waals surface area contributed by atoms with Crippen LogP contribution in [0.1, 0.15) is 49.3 Å². The van der Waals surface area contributed by atoms with E-state index >= 15 is 0 Å². The number of benzene rings is 2. The Hall–Kier alpha value is -2.04. The standard InChI is InChI=1S/C27H40N2O2/c1-4-19-29(20-9-8-17-28-18-16-22-10-6-5-7-11-22)24-13-14-25-23(21-24)12-15-26(30-2)27(25)31-3/h5-7,10-12,15,24,28H,4,8-9,13-14,16-21H2,1-3H3. The van der Waals surface area contributed by atoms with Crippen molar-refractivity contribution in [3.05, 3.63) is 59.2 Å². The van der Waals surface area contributed by atoms with Gasteiger partial charge in [-0.25, -0.2) is 0 Å². The fourth-order valence-corrected chi connectivity index (χ4v) is 4.81. The van der Waals surface area contributed by atoms with Gasteiger partial charge in [-0.2, -0.15) is 0 Å². The fourth-order valence-electron chi connectivity index (χ4n) is 4.81. The summed E-state index contributed by atoms with van der Waals surface area (Å²) in [4.78, 5) is 2.73. The van der Waals surface area contributed by atoms with E-state index in [0.29, 0.717) is 6.04 Å². The Balaban J connectivity index is 1.43. The molecular formula is C27H40N2O2. The molecule has 1 unspecified atom stereocenters. The molecule has 3 rings (SSSR count). The van der Waals surface area contributed by atoms with E-state index in [9.17, 15) is 0 Å². The molecule has 1 aliphatic carbocycles. The molecule has 1 atom stereocenters. The predicted octanol–water partition coefficient (Wildman–Crippen LogP) is 4.89. The lowest BCUT2D eigenvalue weighted by molar-refractivity contribution is 0.175. The van der Waals surface area contributed by atoms with Gasteiger partial charge in [0, 0.05) is 11.6 Å². The molecule has 2 aromatic rings. The van der Waals surface area contributed by atoms with Crippen molar-refractivity contribution in [2.45, 2.75) is 57.9 Å². The average Bonchev–Trinajstić information content (AvgIpc) is 2.82. The Bertz CT molecular complexity index is 778. The minimum absolute atomic E-state index is 0.636. The lowest BCUT2D eigenvalue weighted by Gasteiger charge is -2.36. The summed E-state index contributed by atoms with van der Waals surface area (Å²) in [6.07, 6.45) is 8.21. The van der Waals surface area contributed by atoms with Crippen LogP contribution in [0, 0.1) is 0 Å². The van der Waals surface area contributed by atoms with Gasteiger partial charge in [0.05, 0.1) is 14.2 Å². The highest BCUT2D eigenvalue weighted by Crippen LogP contribution is 2.38. The first-order valence-corrected chi connectivity index (χ1v) is 12.0. The van der Waals surface area contributed by atoms with E-state index in [4.69, 9.17) is 9.47 Å². The number of methoxy groups -OCH3 is 2. The zero-order valence-electron chi connectivity index (χ0n) is 19.7. The number of unbranched alkanes of at least 4 members (excludes halogenated alkanes) is 1. The summed E-state index contributed by atoms with van der Waals surface area (Å²) < 4.78 is 11.2. The van der Waals surface area contributed by atoms with Crippen molar-refractivity contribution in [1.29, 1.82) is 0 Å². The average molecular weight is 425 g/mol. The molecule has 0 fully saturated rings. The summed E-state index contributed by atoms with van der Waals surface area (Å²) in [5.74, 6) is 1.78. The van der Waals surface area contributed by atoms with Gasteiger partial charge in [0.15, 0.2) is 11.5 Å². The van der Waals surface area contributed by atoms with Crippen LogP contribution in [0.4, 0.5) is 0 Å². The van der Waals surface area contributed by atoms with Gasteiger partial charge in [0.1, 0.15) is 0 Å². The Morgan fingerprint density at radius 1 is 0.968 bits per heavy atom. The number of nitrogens with zero attached hydrogens (tertiary/aromatic N) is 1. The lowest BCUT2D eigenvalue weighted by atomic mass is 9.86. The van der Waals surface area contributed by atoms with Gasteiger partial charge < -0.3 is 19.7 Å². The van der Waals surface area contributed by atoms with Crippen molar-refractivity contribution in [3.63, 3.8) is 0 Å². The molecule has 31 heavy (non-hydrogen) atoms. The Morgan fingerprint density at radius 3 is 2.55 bits per heavy atom. The maximum absolute atomic E-state index is 5.67. The minimum atomic E-state index is 0.636. The van der Waals surface area contributed by atoms with Gasteiger partial charge in [0.25, 0.3) is 0 Å². The summed E-state index contributed by atoms with van der Waals surface area (Å²) in [7, 11) is 3.47. The number of hydrogen-bond acceptors (Lipinski definition) is 4. The summed E-state index contributed by atoms with van der Waals surface area (Å²) in [5.41, 5.74) is 4.19. The molecule has 0 aromatic heterocycles. The first-order valence-electron chi connectivity index (χ1n) is 12.0. The molecule has 1 aliphatic rings. The largest absolute Gasteiger partial charge is 0.493 e. The molecule has 0 bridgehead atoms.